The number of aromatic nitrogens is 2. The molecule has 2 heterocycles. The van der Waals surface area contributed by atoms with Crippen LogP contribution >= 0.6 is 0 Å². The second-order valence-corrected chi connectivity index (χ2v) is 3.96. The molecule has 1 aliphatic rings. The highest BCUT2D eigenvalue weighted by Crippen LogP contribution is 2.05. The van der Waals surface area contributed by atoms with Crippen LogP contribution in [-0.4, -0.2) is 21.7 Å². The van der Waals surface area contributed by atoms with Crippen molar-refractivity contribution in [3.05, 3.63) is 33.1 Å². The number of aryl methyl sites for hydroxylation is 1. The summed E-state index contributed by atoms with van der Waals surface area (Å²) in [6.07, 6.45) is 5.51. The second kappa shape index (κ2) is 4.02. The molecular formula is C10H15N3O2. The summed E-state index contributed by atoms with van der Waals surface area (Å²) in [4.78, 5) is 23.0. The first-order valence-electron chi connectivity index (χ1n) is 5.18. The summed E-state index contributed by atoms with van der Waals surface area (Å²) in [5.74, 6) is 0. The lowest BCUT2D eigenvalue weighted by atomic mass is 10.2. The molecule has 1 aromatic heterocycles. The van der Waals surface area contributed by atoms with E-state index in [1.165, 1.54) is 9.13 Å². The van der Waals surface area contributed by atoms with E-state index >= 15 is 0 Å². The molecule has 2 rings (SSSR count). The maximum absolute atomic E-state index is 11.6. The Morgan fingerprint density at radius 2 is 2.20 bits per heavy atom. The lowest BCUT2D eigenvalue weighted by Gasteiger charge is -2.12. The van der Waals surface area contributed by atoms with E-state index in [9.17, 15) is 9.59 Å². The van der Waals surface area contributed by atoms with Gasteiger partial charge in [0, 0.05) is 32.0 Å². The molecule has 0 amide bonds. The zero-order valence-corrected chi connectivity index (χ0v) is 8.77. The van der Waals surface area contributed by atoms with Crippen LogP contribution in [0.2, 0.25) is 0 Å². The zero-order chi connectivity index (χ0) is 10.8. The van der Waals surface area contributed by atoms with Crippen molar-refractivity contribution in [3.63, 3.8) is 0 Å². The molecule has 0 aromatic carbocycles. The van der Waals surface area contributed by atoms with Crippen molar-refractivity contribution in [1.82, 2.24) is 14.5 Å². The first kappa shape index (κ1) is 10.2. The molecule has 1 atom stereocenters. The highest BCUT2D eigenvalue weighted by Gasteiger charge is 2.15. The average Bonchev–Trinajstić information content (AvgIpc) is 2.72. The van der Waals surface area contributed by atoms with E-state index < -0.39 is 11.1 Å². The number of hydrogen-bond acceptors (Lipinski definition) is 3. The van der Waals surface area contributed by atoms with E-state index in [1.54, 1.807) is 19.4 Å². The summed E-state index contributed by atoms with van der Waals surface area (Å²) in [6.45, 7) is 1.60. The molecule has 1 saturated heterocycles. The van der Waals surface area contributed by atoms with E-state index in [4.69, 9.17) is 0 Å². The van der Waals surface area contributed by atoms with Crippen LogP contribution in [-0.2, 0) is 13.6 Å². The largest absolute Gasteiger partial charge is 0.316 e. The SMILES string of the molecule is Cn1ccn(CC2CCCN2)c(=O)c1=O. The number of hydrogen-bond donors (Lipinski definition) is 1. The lowest BCUT2D eigenvalue weighted by Crippen LogP contribution is -2.42. The van der Waals surface area contributed by atoms with Crippen molar-refractivity contribution >= 4 is 0 Å². The minimum absolute atomic E-state index is 0.329. The molecule has 15 heavy (non-hydrogen) atoms. The zero-order valence-electron chi connectivity index (χ0n) is 8.77. The standard InChI is InChI=1S/C10H15N3O2/c1-12-5-6-13(10(15)9(12)14)7-8-3-2-4-11-8/h5-6,8,11H,2-4,7H2,1H3. The number of nitrogens with one attached hydrogen (secondary N) is 1. The van der Waals surface area contributed by atoms with Gasteiger partial charge in [-0.3, -0.25) is 9.59 Å². The van der Waals surface area contributed by atoms with Gasteiger partial charge >= 0.3 is 11.1 Å². The normalized spacial score (nSPS) is 20.7. The molecule has 1 aromatic rings. The molecule has 1 N–H and O–H groups in total. The van der Waals surface area contributed by atoms with Crippen molar-refractivity contribution < 1.29 is 0 Å². The maximum Gasteiger partial charge on any atom is 0.316 e. The summed E-state index contributed by atoms with van der Waals surface area (Å²) in [5, 5.41) is 3.30. The van der Waals surface area contributed by atoms with E-state index in [1.807, 2.05) is 0 Å². The van der Waals surface area contributed by atoms with Gasteiger partial charge in [0.15, 0.2) is 0 Å². The molecule has 0 aliphatic carbocycles. The monoisotopic (exact) mass is 209 g/mol. The van der Waals surface area contributed by atoms with Gasteiger partial charge in [0.1, 0.15) is 0 Å². The molecule has 1 unspecified atom stereocenters. The van der Waals surface area contributed by atoms with Crippen LogP contribution < -0.4 is 16.4 Å². The van der Waals surface area contributed by atoms with Crippen molar-refractivity contribution in [2.45, 2.75) is 25.4 Å². The Bertz CT molecular complexity index is 454. The van der Waals surface area contributed by atoms with Crippen LogP contribution in [0.25, 0.3) is 0 Å². The fraction of sp³-hybridized carbons (Fsp3) is 0.600. The van der Waals surface area contributed by atoms with E-state index in [0.717, 1.165) is 19.4 Å². The molecule has 1 aliphatic heterocycles. The molecule has 0 saturated carbocycles. The fourth-order valence-electron chi connectivity index (χ4n) is 1.88. The molecule has 1 fully saturated rings. The van der Waals surface area contributed by atoms with Crippen LogP contribution in [0.1, 0.15) is 12.8 Å². The van der Waals surface area contributed by atoms with Gasteiger partial charge in [-0.05, 0) is 19.4 Å². The van der Waals surface area contributed by atoms with E-state index in [-0.39, 0.29) is 0 Å². The molecule has 82 valence electrons. The maximum atomic E-state index is 11.6. The average molecular weight is 209 g/mol. The summed E-state index contributed by atoms with van der Waals surface area (Å²) in [6, 6.07) is 0.329. The smallest absolute Gasteiger partial charge is 0.312 e. The Labute approximate surface area is 87.3 Å². The van der Waals surface area contributed by atoms with Gasteiger partial charge in [-0.15, -0.1) is 0 Å². The van der Waals surface area contributed by atoms with Gasteiger partial charge in [0.25, 0.3) is 0 Å². The molecule has 5 nitrogen and oxygen atoms in total. The van der Waals surface area contributed by atoms with Crippen molar-refractivity contribution in [2.75, 3.05) is 6.54 Å². The number of nitrogens with zero attached hydrogens (tertiary/aromatic N) is 2. The van der Waals surface area contributed by atoms with Gasteiger partial charge in [0.05, 0.1) is 0 Å². The Kier molecular flexibility index (Phi) is 2.73. The van der Waals surface area contributed by atoms with E-state index in [2.05, 4.69) is 5.32 Å². The first-order chi connectivity index (χ1) is 7.18. The van der Waals surface area contributed by atoms with Gasteiger partial charge in [-0.25, -0.2) is 0 Å². The minimum atomic E-state index is -0.463. The fourth-order valence-corrected chi connectivity index (χ4v) is 1.88. The quantitative estimate of drug-likeness (QED) is 0.655. The van der Waals surface area contributed by atoms with Crippen molar-refractivity contribution in [1.29, 1.82) is 0 Å². The Hall–Kier alpha value is -1.36. The third kappa shape index (κ3) is 2.02. The molecular weight excluding hydrogens is 194 g/mol. The van der Waals surface area contributed by atoms with Crippen molar-refractivity contribution in [2.24, 2.45) is 7.05 Å². The van der Waals surface area contributed by atoms with Crippen LogP contribution in [0.15, 0.2) is 22.0 Å². The third-order valence-electron chi connectivity index (χ3n) is 2.81. The highest BCUT2D eigenvalue weighted by molar-refractivity contribution is 4.87. The second-order valence-electron chi connectivity index (χ2n) is 3.96. The van der Waals surface area contributed by atoms with Crippen molar-refractivity contribution in [3.8, 4) is 0 Å². The van der Waals surface area contributed by atoms with Gasteiger partial charge in [0.2, 0.25) is 0 Å². The summed E-state index contributed by atoms with van der Waals surface area (Å²) >= 11 is 0. The lowest BCUT2D eigenvalue weighted by molar-refractivity contribution is 0.492. The summed E-state index contributed by atoms with van der Waals surface area (Å²) < 4.78 is 2.80. The first-order valence-corrected chi connectivity index (χ1v) is 5.18. The summed E-state index contributed by atoms with van der Waals surface area (Å²) in [5.41, 5.74) is -0.899. The Balaban J connectivity index is 2.25. The van der Waals surface area contributed by atoms with Gasteiger partial charge in [-0.1, -0.05) is 0 Å². The van der Waals surface area contributed by atoms with Gasteiger partial charge in [-0.2, -0.15) is 0 Å². The Morgan fingerprint density at radius 3 is 2.87 bits per heavy atom. The molecule has 0 spiro atoms. The van der Waals surface area contributed by atoms with Crippen LogP contribution in [0.3, 0.4) is 0 Å². The molecule has 0 bridgehead atoms. The van der Waals surface area contributed by atoms with Crippen LogP contribution in [0.5, 0.6) is 0 Å². The number of rotatable bonds is 2. The van der Waals surface area contributed by atoms with Gasteiger partial charge < -0.3 is 14.5 Å². The molecule has 5 heteroatoms. The topological polar surface area (TPSA) is 56.0 Å². The summed E-state index contributed by atoms with van der Waals surface area (Å²) in [7, 11) is 1.59. The Morgan fingerprint density at radius 1 is 1.40 bits per heavy atom. The highest BCUT2D eigenvalue weighted by atomic mass is 16.2. The van der Waals surface area contributed by atoms with Crippen LogP contribution in [0.4, 0.5) is 0 Å². The predicted octanol–water partition coefficient (Wildman–Crippen LogP) is -0.701. The molecule has 0 radical (unpaired) electrons. The van der Waals surface area contributed by atoms with Crippen LogP contribution in [0, 0.1) is 0 Å². The van der Waals surface area contributed by atoms with E-state index in [0.29, 0.717) is 12.6 Å². The minimum Gasteiger partial charge on any atom is -0.312 e. The predicted molar refractivity (Wildman–Crippen MR) is 57.0 cm³/mol. The third-order valence-corrected chi connectivity index (χ3v) is 2.81.